The summed E-state index contributed by atoms with van der Waals surface area (Å²) in [6.45, 7) is 0.500. The summed E-state index contributed by atoms with van der Waals surface area (Å²) in [6.07, 6.45) is -0.236. The van der Waals surface area contributed by atoms with Gasteiger partial charge in [0.1, 0.15) is 6.61 Å². The number of ether oxygens (including phenoxy) is 1. The van der Waals surface area contributed by atoms with Crippen LogP contribution in [0.4, 0.5) is 4.79 Å². The molecular weight excluding hydrogens is 241 g/mol. The van der Waals surface area contributed by atoms with Gasteiger partial charge in [0.25, 0.3) is 0 Å². The van der Waals surface area contributed by atoms with Crippen molar-refractivity contribution in [1.82, 2.24) is 5.32 Å². The van der Waals surface area contributed by atoms with E-state index in [9.17, 15) is 9.36 Å². The minimum absolute atomic E-state index is 0.225. The predicted octanol–water partition coefficient (Wildman–Crippen LogP) is 2.30. The number of amides is 1. The van der Waals surface area contributed by atoms with E-state index in [0.717, 1.165) is 5.56 Å². The molecule has 1 aromatic carbocycles. The Morgan fingerprint density at radius 1 is 1.35 bits per heavy atom. The highest BCUT2D eigenvalue weighted by molar-refractivity contribution is 7.39. The fraction of sp³-hybridized carbons (Fsp3) is 0.364. The maximum atomic E-state index is 11.2. The first-order valence-electron chi connectivity index (χ1n) is 5.15. The number of rotatable bonds is 6. The van der Waals surface area contributed by atoms with Crippen LogP contribution in [0.5, 0.6) is 0 Å². The molecule has 1 amide bonds. The molecule has 0 aliphatic carbocycles. The van der Waals surface area contributed by atoms with Crippen LogP contribution in [0.2, 0.25) is 0 Å². The molecule has 5 nitrogen and oxygen atoms in total. The number of alkyl carbamates (subject to hydrolysis) is 1. The Bertz CT molecular complexity index is 369. The Morgan fingerprint density at radius 2 is 2.06 bits per heavy atom. The highest BCUT2D eigenvalue weighted by atomic mass is 31.1. The number of hydrogen-bond donors (Lipinski definition) is 1. The smallest absolute Gasteiger partial charge is 0.445 e. The molecule has 0 saturated carbocycles. The van der Waals surface area contributed by atoms with Crippen LogP contribution in [-0.4, -0.2) is 25.9 Å². The van der Waals surface area contributed by atoms with Crippen molar-refractivity contribution in [3.05, 3.63) is 35.9 Å². The molecule has 1 atom stereocenters. The van der Waals surface area contributed by atoms with E-state index in [1.165, 1.54) is 7.11 Å². The van der Waals surface area contributed by atoms with Gasteiger partial charge in [0, 0.05) is 0 Å². The lowest BCUT2D eigenvalue weighted by Crippen LogP contribution is -2.26. The van der Waals surface area contributed by atoms with E-state index in [1.807, 2.05) is 30.3 Å². The lowest BCUT2D eigenvalue weighted by Gasteiger charge is -2.04. The maximum Gasteiger partial charge on any atom is 0.509 e. The van der Waals surface area contributed by atoms with Gasteiger partial charge < -0.3 is 10.1 Å². The molecule has 17 heavy (non-hydrogen) atoms. The highest BCUT2D eigenvalue weighted by Gasteiger charge is 2.14. The number of carbonyl (C=O) groups is 1. The van der Waals surface area contributed by atoms with Crippen LogP contribution in [-0.2, 0) is 20.4 Å². The van der Waals surface area contributed by atoms with E-state index in [4.69, 9.17) is 4.74 Å². The molecule has 0 aromatic heterocycles. The van der Waals surface area contributed by atoms with Gasteiger partial charge in [-0.2, -0.15) is 0 Å². The molecule has 0 bridgehead atoms. The van der Waals surface area contributed by atoms with Crippen LogP contribution in [0.1, 0.15) is 5.56 Å². The van der Waals surface area contributed by atoms with Crippen LogP contribution in [0.15, 0.2) is 30.3 Å². The van der Waals surface area contributed by atoms with Crippen molar-refractivity contribution in [1.29, 1.82) is 0 Å². The van der Waals surface area contributed by atoms with Crippen LogP contribution in [0.3, 0.4) is 0 Å². The molecule has 1 N–H and O–H groups in total. The zero-order chi connectivity index (χ0) is 12.5. The summed E-state index contributed by atoms with van der Waals surface area (Å²) in [4.78, 5) is 11.2. The lowest BCUT2D eigenvalue weighted by molar-refractivity contribution is 0.140. The molecule has 0 heterocycles. The number of nitrogens with one attached hydrogen (secondary N) is 1. The second-order valence-electron chi connectivity index (χ2n) is 3.23. The molecule has 0 fully saturated rings. The monoisotopic (exact) mass is 256 g/mol. The zero-order valence-electron chi connectivity index (χ0n) is 9.59. The number of benzene rings is 1. The van der Waals surface area contributed by atoms with Crippen molar-refractivity contribution in [2.24, 2.45) is 0 Å². The van der Waals surface area contributed by atoms with E-state index in [2.05, 4.69) is 9.84 Å². The third-order valence-corrected chi connectivity index (χ3v) is 2.98. The molecule has 0 spiro atoms. The normalized spacial score (nSPS) is 10.8. The largest absolute Gasteiger partial charge is 0.509 e. The Kier molecular flexibility index (Phi) is 6.22. The summed E-state index contributed by atoms with van der Waals surface area (Å²) in [6, 6.07) is 9.38. The molecule has 0 aliphatic heterocycles. The summed E-state index contributed by atoms with van der Waals surface area (Å²) in [5.74, 6) is 0. The Labute approximate surface area is 101 Å². The molecule has 1 rings (SSSR count). The van der Waals surface area contributed by atoms with Crippen LogP contribution in [0.25, 0.3) is 0 Å². The SMILES string of the molecule is CO[P+](=O)CCNC(=O)OCc1ccccc1. The van der Waals surface area contributed by atoms with Crippen molar-refractivity contribution < 1.29 is 18.6 Å². The summed E-state index contributed by atoms with van der Waals surface area (Å²) >= 11 is 0. The van der Waals surface area contributed by atoms with Gasteiger partial charge in [0.05, 0.1) is 13.7 Å². The summed E-state index contributed by atoms with van der Waals surface area (Å²) in [7, 11) is -0.315. The Hall–Kier alpha value is -1.45. The lowest BCUT2D eigenvalue weighted by atomic mass is 10.2. The standard InChI is InChI=1S/C11H14NO4P/c1-15-17(14)8-7-12-11(13)16-9-10-5-3-2-4-6-10/h2-6H,7-9H2,1H3/p+1. The van der Waals surface area contributed by atoms with E-state index in [0.29, 0.717) is 0 Å². The second-order valence-corrected chi connectivity index (χ2v) is 4.71. The van der Waals surface area contributed by atoms with Crippen molar-refractivity contribution in [2.75, 3.05) is 19.8 Å². The summed E-state index contributed by atoms with van der Waals surface area (Å²) in [5, 5.41) is 2.49. The van der Waals surface area contributed by atoms with E-state index in [1.54, 1.807) is 0 Å². The fourth-order valence-electron chi connectivity index (χ4n) is 1.11. The van der Waals surface area contributed by atoms with Gasteiger partial charge in [0.15, 0.2) is 6.16 Å². The minimum atomic E-state index is -1.68. The predicted molar refractivity (Wildman–Crippen MR) is 64.1 cm³/mol. The molecule has 92 valence electrons. The molecule has 1 unspecified atom stereocenters. The molecule has 0 saturated heterocycles. The van der Waals surface area contributed by atoms with Crippen molar-refractivity contribution in [2.45, 2.75) is 6.61 Å². The van der Waals surface area contributed by atoms with Crippen LogP contribution < -0.4 is 5.32 Å². The zero-order valence-corrected chi connectivity index (χ0v) is 10.5. The van der Waals surface area contributed by atoms with Gasteiger partial charge in [-0.1, -0.05) is 30.3 Å². The minimum Gasteiger partial charge on any atom is -0.445 e. The Morgan fingerprint density at radius 3 is 2.71 bits per heavy atom. The molecule has 0 radical (unpaired) electrons. The van der Waals surface area contributed by atoms with Gasteiger partial charge in [-0.25, -0.2) is 4.79 Å². The summed E-state index contributed by atoms with van der Waals surface area (Å²) < 4.78 is 20.4. The summed E-state index contributed by atoms with van der Waals surface area (Å²) in [5.41, 5.74) is 0.922. The van der Waals surface area contributed by atoms with Gasteiger partial charge >= 0.3 is 14.1 Å². The first kappa shape index (κ1) is 13.6. The first-order valence-corrected chi connectivity index (χ1v) is 6.52. The van der Waals surface area contributed by atoms with Crippen molar-refractivity contribution in [3.63, 3.8) is 0 Å². The van der Waals surface area contributed by atoms with Crippen molar-refractivity contribution in [3.8, 4) is 0 Å². The highest BCUT2D eigenvalue weighted by Crippen LogP contribution is 2.17. The fourth-order valence-corrected chi connectivity index (χ4v) is 1.59. The number of carbonyl (C=O) groups excluding carboxylic acids is 1. The molecule has 1 aromatic rings. The van der Waals surface area contributed by atoms with Crippen LogP contribution >= 0.6 is 8.03 Å². The molecule has 0 aliphatic rings. The van der Waals surface area contributed by atoms with E-state index in [-0.39, 0.29) is 19.3 Å². The topological polar surface area (TPSA) is 64.6 Å². The van der Waals surface area contributed by atoms with Crippen molar-refractivity contribution >= 4 is 14.1 Å². The maximum absolute atomic E-state index is 11.2. The van der Waals surface area contributed by atoms with Gasteiger partial charge in [-0.05, 0) is 10.1 Å². The third-order valence-electron chi connectivity index (χ3n) is 1.98. The number of hydrogen-bond acceptors (Lipinski definition) is 4. The average Bonchev–Trinajstić information content (AvgIpc) is 2.37. The van der Waals surface area contributed by atoms with Gasteiger partial charge in [-0.3, -0.25) is 0 Å². The van der Waals surface area contributed by atoms with Gasteiger partial charge in [-0.15, -0.1) is 4.52 Å². The van der Waals surface area contributed by atoms with Crippen LogP contribution in [0, 0.1) is 0 Å². The quantitative estimate of drug-likeness (QED) is 0.793. The average molecular weight is 256 g/mol. The third kappa shape index (κ3) is 6.00. The van der Waals surface area contributed by atoms with E-state index >= 15 is 0 Å². The second kappa shape index (κ2) is 7.76. The van der Waals surface area contributed by atoms with E-state index < -0.39 is 14.1 Å². The first-order chi connectivity index (χ1) is 8.22. The molecular formula is C11H15NO4P+. The molecule has 6 heteroatoms. The Balaban J connectivity index is 2.16. The van der Waals surface area contributed by atoms with Gasteiger partial charge in [0.2, 0.25) is 0 Å².